The molecule has 2 amide bonds. The summed E-state index contributed by atoms with van der Waals surface area (Å²) in [7, 11) is 4.77. The monoisotopic (exact) mass is 442 g/mol. The Hall–Kier alpha value is -3.22. The average Bonchev–Trinajstić information content (AvgIpc) is 2.83. The van der Waals surface area contributed by atoms with Gasteiger partial charge in [0.15, 0.2) is 11.5 Å². The molecule has 0 aliphatic carbocycles. The zero-order valence-corrected chi connectivity index (χ0v) is 19.6. The minimum Gasteiger partial charge on any atom is -0.497 e. The summed E-state index contributed by atoms with van der Waals surface area (Å²) in [4.78, 5) is 27.5. The second-order valence-electron chi connectivity index (χ2n) is 7.53. The van der Waals surface area contributed by atoms with Crippen molar-refractivity contribution < 1.29 is 23.8 Å². The van der Waals surface area contributed by atoms with Crippen LogP contribution in [-0.2, 0) is 22.6 Å². The molecule has 0 unspecified atom stereocenters. The van der Waals surface area contributed by atoms with Crippen molar-refractivity contribution in [2.24, 2.45) is 0 Å². The van der Waals surface area contributed by atoms with Crippen LogP contribution in [0.3, 0.4) is 0 Å². The zero-order chi connectivity index (χ0) is 23.5. The molecule has 1 N–H and O–H groups in total. The van der Waals surface area contributed by atoms with Gasteiger partial charge in [-0.05, 0) is 55.2 Å². The summed E-state index contributed by atoms with van der Waals surface area (Å²) >= 11 is 0. The van der Waals surface area contributed by atoms with Gasteiger partial charge in [0.2, 0.25) is 11.8 Å². The fourth-order valence-corrected chi connectivity index (χ4v) is 3.38. The minimum absolute atomic E-state index is 0.0956. The molecule has 2 aromatic rings. The van der Waals surface area contributed by atoms with Crippen LogP contribution in [0.5, 0.6) is 17.2 Å². The van der Waals surface area contributed by atoms with Crippen molar-refractivity contribution in [3.63, 3.8) is 0 Å². The molecule has 1 atom stereocenters. The highest BCUT2D eigenvalue weighted by Crippen LogP contribution is 2.28. The maximum absolute atomic E-state index is 13.2. The predicted octanol–water partition coefficient (Wildman–Crippen LogP) is 3.59. The van der Waals surface area contributed by atoms with Crippen molar-refractivity contribution in [1.29, 1.82) is 0 Å². The van der Waals surface area contributed by atoms with Gasteiger partial charge in [-0.3, -0.25) is 9.59 Å². The van der Waals surface area contributed by atoms with E-state index in [9.17, 15) is 9.59 Å². The average molecular weight is 443 g/mol. The summed E-state index contributed by atoms with van der Waals surface area (Å²) in [5, 5.41) is 2.89. The summed E-state index contributed by atoms with van der Waals surface area (Å²) in [5.74, 6) is 1.72. The topological polar surface area (TPSA) is 77.1 Å². The lowest BCUT2D eigenvalue weighted by Crippen LogP contribution is -2.47. The third-order valence-electron chi connectivity index (χ3n) is 5.28. The number of carbonyl (C=O) groups excluding carboxylic acids is 2. The number of hydrogen-bond donors (Lipinski definition) is 1. The zero-order valence-electron chi connectivity index (χ0n) is 19.6. The number of hydrogen-bond acceptors (Lipinski definition) is 5. The molecule has 0 aromatic heterocycles. The van der Waals surface area contributed by atoms with E-state index in [0.717, 1.165) is 17.5 Å². The van der Waals surface area contributed by atoms with E-state index in [2.05, 4.69) is 5.32 Å². The van der Waals surface area contributed by atoms with E-state index in [-0.39, 0.29) is 18.2 Å². The molecule has 0 aliphatic heterocycles. The Morgan fingerprint density at radius 1 is 0.969 bits per heavy atom. The summed E-state index contributed by atoms with van der Waals surface area (Å²) in [5.41, 5.74) is 1.86. The third kappa shape index (κ3) is 6.90. The van der Waals surface area contributed by atoms with Gasteiger partial charge in [0.1, 0.15) is 11.8 Å². The molecular weight excluding hydrogens is 408 g/mol. The van der Waals surface area contributed by atoms with Crippen molar-refractivity contribution >= 4 is 11.8 Å². The van der Waals surface area contributed by atoms with Crippen LogP contribution in [0.4, 0.5) is 0 Å². The Balaban J connectivity index is 2.17. The van der Waals surface area contributed by atoms with Crippen LogP contribution in [0.2, 0.25) is 0 Å². The second-order valence-corrected chi connectivity index (χ2v) is 7.53. The van der Waals surface area contributed by atoms with Gasteiger partial charge in [0.25, 0.3) is 0 Å². The van der Waals surface area contributed by atoms with E-state index in [4.69, 9.17) is 14.2 Å². The molecule has 2 aromatic carbocycles. The van der Waals surface area contributed by atoms with Crippen LogP contribution in [0.1, 0.15) is 37.8 Å². The Labute approximate surface area is 190 Å². The molecule has 0 fully saturated rings. The number of carbonyl (C=O) groups is 2. The van der Waals surface area contributed by atoms with Crippen LogP contribution in [0, 0.1) is 0 Å². The largest absolute Gasteiger partial charge is 0.497 e. The van der Waals surface area contributed by atoms with Crippen molar-refractivity contribution in [3.8, 4) is 17.2 Å². The van der Waals surface area contributed by atoms with E-state index in [1.807, 2.05) is 49.4 Å². The van der Waals surface area contributed by atoms with Crippen LogP contribution < -0.4 is 19.5 Å². The van der Waals surface area contributed by atoms with Gasteiger partial charge in [-0.2, -0.15) is 0 Å². The molecule has 0 bridgehead atoms. The molecule has 7 nitrogen and oxygen atoms in total. The summed E-state index contributed by atoms with van der Waals surface area (Å²) < 4.78 is 15.9. The van der Waals surface area contributed by atoms with Gasteiger partial charge in [0.05, 0.1) is 21.3 Å². The first-order chi connectivity index (χ1) is 15.4. The summed E-state index contributed by atoms with van der Waals surface area (Å²) in [6.45, 7) is 4.66. The quantitative estimate of drug-likeness (QED) is 0.544. The second kappa shape index (κ2) is 12.6. The van der Waals surface area contributed by atoms with Crippen LogP contribution in [0.25, 0.3) is 0 Å². The Bertz CT molecular complexity index is 900. The van der Waals surface area contributed by atoms with Crippen LogP contribution >= 0.6 is 0 Å². The van der Waals surface area contributed by atoms with Gasteiger partial charge in [-0.25, -0.2) is 0 Å². The molecule has 0 heterocycles. The first-order valence-corrected chi connectivity index (χ1v) is 10.8. The molecule has 2 rings (SSSR count). The lowest BCUT2D eigenvalue weighted by atomic mass is 10.1. The number of ether oxygens (including phenoxy) is 3. The molecular formula is C25H34N2O5. The van der Waals surface area contributed by atoms with Gasteiger partial charge in [-0.1, -0.05) is 25.1 Å². The maximum Gasteiger partial charge on any atom is 0.242 e. The number of aryl methyl sites for hydroxylation is 1. The fourth-order valence-electron chi connectivity index (χ4n) is 3.38. The van der Waals surface area contributed by atoms with Crippen molar-refractivity contribution in [2.45, 2.75) is 45.7 Å². The van der Waals surface area contributed by atoms with Crippen molar-refractivity contribution in [3.05, 3.63) is 53.6 Å². The summed E-state index contributed by atoms with van der Waals surface area (Å²) in [6.07, 6.45) is 1.63. The highest BCUT2D eigenvalue weighted by molar-refractivity contribution is 5.87. The molecule has 0 spiro atoms. The van der Waals surface area contributed by atoms with E-state index < -0.39 is 6.04 Å². The first-order valence-electron chi connectivity index (χ1n) is 10.8. The molecule has 0 aliphatic rings. The number of amides is 2. The number of rotatable bonds is 12. The lowest BCUT2D eigenvalue weighted by Gasteiger charge is -2.29. The minimum atomic E-state index is -0.592. The maximum atomic E-state index is 13.2. The lowest BCUT2D eigenvalue weighted by molar-refractivity contribution is -0.140. The molecule has 174 valence electrons. The highest BCUT2D eigenvalue weighted by Gasteiger charge is 2.26. The Kier molecular flexibility index (Phi) is 9.85. The molecule has 0 radical (unpaired) electrons. The van der Waals surface area contributed by atoms with Gasteiger partial charge >= 0.3 is 0 Å². The Morgan fingerprint density at radius 2 is 1.72 bits per heavy atom. The van der Waals surface area contributed by atoms with Crippen LogP contribution in [-0.4, -0.2) is 50.6 Å². The first kappa shape index (κ1) is 25.0. The SMILES string of the molecule is CCCNC(=O)[C@H](C)N(Cc1cccc(OC)c1)C(=O)CCc1ccc(OC)c(OC)c1. The van der Waals surface area contributed by atoms with Crippen molar-refractivity contribution in [2.75, 3.05) is 27.9 Å². The van der Waals surface area contributed by atoms with Crippen molar-refractivity contribution in [1.82, 2.24) is 10.2 Å². The van der Waals surface area contributed by atoms with Gasteiger partial charge < -0.3 is 24.4 Å². The number of benzene rings is 2. The highest BCUT2D eigenvalue weighted by atomic mass is 16.5. The van der Waals surface area contributed by atoms with Gasteiger partial charge in [-0.15, -0.1) is 0 Å². The molecule has 32 heavy (non-hydrogen) atoms. The van der Waals surface area contributed by atoms with E-state index >= 15 is 0 Å². The van der Waals surface area contributed by atoms with E-state index in [0.29, 0.717) is 36.8 Å². The smallest absolute Gasteiger partial charge is 0.242 e. The predicted molar refractivity (Wildman–Crippen MR) is 124 cm³/mol. The third-order valence-corrected chi connectivity index (χ3v) is 5.28. The normalized spacial score (nSPS) is 11.4. The Morgan fingerprint density at radius 3 is 2.38 bits per heavy atom. The van der Waals surface area contributed by atoms with E-state index in [1.165, 1.54) is 0 Å². The number of nitrogens with zero attached hydrogens (tertiary/aromatic N) is 1. The van der Waals surface area contributed by atoms with E-state index in [1.54, 1.807) is 33.2 Å². The number of nitrogens with one attached hydrogen (secondary N) is 1. The van der Waals surface area contributed by atoms with Crippen LogP contribution in [0.15, 0.2) is 42.5 Å². The molecule has 0 saturated carbocycles. The van der Waals surface area contributed by atoms with Gasteiger partial charge in [0, 0.05) is 19.5 Å². The number of methoxy groups -OCH3 is 3. The standard InChI is InChI=1S/C25H34N2O5/c1-6-14-26-25(29)18(2)27(17-20-8-7-9-21(15-20)30-3)24(28)13-11-19-10-12-22(31-4)23(16-19)32-5/h7-10,12,15-16,18H,6,11,13-14,17H2,1-5H3,(H,26,29)/t18-/m0/s1. The fraction of sp³-hybridized carbons (Fsp3) is 0.440. The molecule has 0 saturated heterocycles. The molecule has 7 heteroatoms. The summed E-state index contributed by atoms with van der Waals surface area (Å²) in [6, 6.07) is 12.6.